The number of nitrogens with one attached hydrogen (secondary N) is 3. The maximum absolute atomic E-state index is 11.4. The first-order valence-corrected chi connectivity index (χ1v) is 7.78. The second kappa shape index (κ2) is 7.10. The van der Waals surface area contributed by atoms with E-state index in [1.807, 2.05) is 31.2 Å². The van der Waals surface area contributed by atoms with E-state index in [9.17, 15) is 13.2 Å². The van der Waals surface area contributed by atoms with Crippen LogP contribution < -0.4 is 15.4 Å². The van der Waals surface area contributed by atoms with Gasteiger partial charge >= 0.3 is 6.03 Å². The van der Waals surface area contributed by atoms with E-state index in [4.69, 9.17) is 0 Å². The van der Waals surface area contributed by atoms with Crippen LogP contribution in [0.2, 0.25) is 0 Å². The number of benzene rings is 1. The maximum Gasteiger partial charge on any atom is 0.315 e. The molecule has 0 aromatic heterocycles. The summed E-state index contributed by atoms with van der Waals surface area (Å²) < 4.78 is 23.8. The van der Waals surface area contributed by atoms with Crippen LogP contribution in [0.1, 0.15) is 11.1 Å². The normalized spacial score (nSPS) is 11.1. The first-order valence-electron chi connectivity index (χ1n) is 5.89. The zero-order valence-corrected chi connectivity index (χ0v) is 11.9. The maximum atomic E-state index is 11.4. The van der Waals surface area contributed by atoms with Crippen LogP contribution >= 0.6 is 0 Å². The van der Waals surface area contributed by atoms with E-state index < -0.39 is 10.0 Å². The zero-order chi connectivity index (χ0) is 14.3. The van der Waals surface area contributed by atoms with Gasteiger partial charge in [-0.25, -0.2) is 17.9 Å². The van der Waals surface area contributed by atoms with Gasteiger partial charge in [-0.3, -0.25) is 0 Å². The molecule has 106 valence electrons. The highest BCUT2D eigenvalue weighted by Gasteiger charge is 2.02. The van der Waals surface area contributed by atoms with Crippen molar-refractivity contribution in [1.82, 2.24) is 15.4 Å². The molecule has 0 fully saturated rings. The first kappa shape index (κ1) is 15.5. The molecular weight excluding hydrogens is 266 g/mol. The lowest BCUT2D eigenvalue weighted by Gasteiger charge is -2.08. The molecule has 3 N–H and O–H groups in total. The molecule has 0 heterocycles. The third-order valence-corrected chi connectivity index (χ3v) is 3.04. The van der Waals surface area contributed by atoms with Crippen molar-refractivity contribution in [2.75, 3.05) is 19.3 Å². The lowest BCUT2D eigenvalue weighted by molar-refractivity contribution is 0.240. The summed E-state index contributed by atoms with van der Waals surface area (Å²) >= 11 is 0. The Kier molecular flexibility index (Phi) is 5.78. The van der Waals surface area contributed by atoms with Crippen molar-refractivity contribution in [1.29, 1.82) is 0 Å². The van der Waals surface area contributed by atoms with Gasteiger partial charge in [-0.15, -0.1) is 0 Å². The monoisotopic (exact) mass is 285 g/mol. The summed E-state index contributed by atoms with van der Waals surface area (Å²) in [5.74, 6) is 0. The molecule has 1 aromatic carbocycles. The van der Waals surface area contributed by atoms with Crippen LogP contribution in [-0.2, 0) is 16.6 Å². The topological polar surface area (TPSA) is 87.3 Å². The second-order valence-corrected chi connectivity index (χ2v) is 6.10. The number of carbonyl (C=O) groups excluding carboxylic acids is 1. The molecule has 2 amide bonds. The van der Waals surface area contributed by atoms with Gasteiger partial charge in [0.2, 0.25) is 10.0 Å². The van der Waals surface area contributed by atoms with Crippen molar-refractivity contribution in [3.63, 3.8) is 0 Å². The van der Waals surface area contributed by atoms with E-state index in [0.29, 0.717) is 6.54 Å². The quantitative estimate of drug-likeness (QED) is 0.659. The van der Waals surface area contributed by atoms with Gasteiger partial charge in [-0.2, -0.15) is 0 Å². The Morgan fingerprint density at radius 1 is 1.21 bits per heavy atom. The van der Waals surface area contributed by atoms with Crippen molar-refractivity contribution < 1.29 is 13.2 Å². The Morgan fingerprint density at radius 2 is 1.95 bits per heavy atom. The summed E-state index contributed by atoms with van der Waals surface area (Å²) in [6.07, 6.45) is 1.07. The first-order chi connectivity index (χ1) is 8.87. The Balaban J connectivity index is 2.21. The molecule has 0 saturated carbocycles. The minimum absolute atomic E-state index is 0.177. The van der Waals surface area contributed by atoms with E-state index in [2.05, 4.69) is 15.4 Å². The molecular formula is C12H19N3O3S. The molecule has 6 nitrogen and oxygen atoms in total. The molecule has 0 spiro atoms. The van der Waals surface area contributed by atoms with Gasteiger partial charge in [-0.1, -0.05) is 29.8 Å². The van der Waals surface area contributed by atoms with E-state index in [0.717, 1.165) is 17.4 Å². The number of hydrogen-bond acceptors (Lipinski definition) is 3. The van der Waals surface area contributed by atoms with Crippen LogP contribution in [0, 0.1) is 6.92 Å². The summed E-state index contributed by atoms with van der Waals surface area (Å²) in [4.78, 5) is 11.4. The van der Waals surface area contributed by atoms with Crippen LogP contribution in [0.5, 0.6) is 0 Å². The minimum atomic E-state index is -3.20. The third-order valence-electron chi connectivity index (χ3n) is 2.31. The smallest absolute Gasteiger partial charge is 0.315 e. The number of aryl methyl sites for hydroxylation is 1. The Bertz CT molecular complexity index is 529. The van der Waals surface area contributed by atoms with Crippen LogP contribution in [0.25, 0.3) is 0 Å². The number of urea groups is 1. The van der Waals surface area contributed by atoms with Crippen LogP contribution in [0.3, 0.4) is 0 Å². The molecule has 7 heteroatoms. The summed E-state index contributed by atoms with van der Waals surface area (Å²) in [5, 5.41) is 5.26. The zero-order valence-electron chi connectivity index (χ0n) is 11.1. The standard InChI is InChI=1S/C12H19N3O3S/c1-10-4-3-5-11(8-10)9-14-12(16)13-6-7-15-19(2,17)18/h3-5,8,15H,6-7,9H2,1-2H3,(H2,13,14,16). The highest BCUT2D eigenvalue weighted by Crippen LogP contribution is 2.02. The van der Waals surface area contributed by atoms with Crippen molar-refractivity contribution in [2.45, 2.75) is 13.5 Å². The highest BCUT2D eigenvalue weighted by atomic mass is 32.2. The molecule has 0 saturated heterocycles. The van der Waals surface area contributed by atoms with E-state index in [-0.39, 0.29) is 19.1 Å². The predicted octanol–water partition coefficient (Wildman–Crippen LogP) is 0.343. The fourth-order valence-corrected chi connectivity index (χ4v) is 1.95. The fourth-order valence-electron chi connectivity index (χ4n) is 1.48. The van der Waals surface area contributed by atoms with Gasteiger partial charge in [0.05, 0.1) is 6.26 Å². The number of amides is 2. The second-order valence-electron chi connectivity index (χ2n) is 4.27. The lowest BCUT2D eigenvalue weighted by atomic mass is 10.1. The highest BCUT2D eigenvalue weighted by molar-refractivity contribution is 7.88. The third kappa shape index (κ3) is 7.43. The molecule has 1 aromatic rings. The number of rotatable bonds is 6. The molecule has 1 rings (SSSR count). The number of carbonyl (C=O) groups is 1. The van der Waals surface area contributed by atoms with Gasteiger partial charge in [0.1, 0.15) is 0 Å². The predicted molar refractivity (Wildman–Crippen MR) is 74.3 cm³/mol. The fraction of sp³-hybridized carbons (Fsp3) is 0.417. The molecule has 0 aliphatic rings. The van der Waals surface area contributed by atoms with Gasteiger partial charge in [0.25, 0.3) is 0 Å². The minimum Gasteiger partial charge on any atom is -0.337 e. The van der Waals surface area contributed by atoms with Crippen LogP contribution in [0.4, 0.5) is 4.79 Å². The van der Waals surface area contributed by atoms with E-state index in [1.165, 1.54) is 0 Å². The average Bonchev–Trinajstić information content (AvgIpc) is 2.31. The molecule has 0 unspecified atom stereocenters. The van der Waals surface area contributed by atoms with Crippen molar-refractivity contribution in [3.8, 4) is 0 Å². The molecule has 0 aliphatic heterocycles. The van der Waals surface area contributed by atoms with Gasteiger partial charge in [0, 0.05) is 19.6 Å². The molecule has 0 atom stereocenters. The Morgan fingerprint density at radius 3 is 2.58 bits per heavy atom. The molecule has 0 radical (unpaired) electrons. The Hall–Kier alpha value is -1.60. The van der Waals surface area contributed by atoms with Crippen molar-refractivity contribution >= 4 is 16.1 Å². The van der Waals surface area contributed by atoms with Crippen LogP contribution in [-0.4, -0.2) is 33.8 Å². The SMILES string of the molecule is Cc1cccc(CNC(=O)NCCNS(C)(=O)=O)c1. The lowest BCUT2D eigenvalue weighted by Crippen LogP contribution is -2.39. The Labute approximate surface area is 113 Å². The number of hydrogen-bond donors (Lipinski definition) is 3. The average molecular weight is 285 g/mol. The van der Waals surface area contributed by atoms with E-state index in [1.54, 1.807) is 0 Å². The van der Waals surface area contributed by atoms with E-state index >= 15 is 0 Å². The van der Waals surface area contributed by atoms with Crippen molar-refractivity contribution in [2.24, 2.45) is 0 Å². The number of sulfonamides is 1. The molecule has 0 bridgehead atoms. The van der Waals surface area contributed by atoms with Crippen molar-refractivity contribution in [3.05, 3.63) is 35.4 Å². The van der Waals surface area contributed by atoms with Gasteiger partial charge in [-0.05, 0) is 12.5 Å². The largest absolute Gasteiger partial charge is 0.337 e. The molecule has 19 heavy (non-hydrogen) atoms. The summed E-state index contributed by atoms with van der Waals surface area (Å²) in [7, 11) is -3.20. The van der Waals surface area contributed by atoms with Gasteiger partial charge in [0.15, 0.2) is 0 Å². The summed E-state index contributed by atoms with van der Waals surface area (Å²) in [6.45, 7) is 2.84. The van der Waals surface area contributed by atoms with Crippen LogP contribution in [0.15, 0.2) is 24.3 Å². The summed E-state index contributed by atoms with van der Waals surface area (Å²) in [6, 6.07) is 7.52. The van der Waals surface area contributed by atoms with Gasteiger partial charge < -0.3 is 10.6 Å². The molecule has 0 aliphatic carbocycles. The summed E-state index contributed by atoms with van der Waals surface area (Å²) in [5.41, 5.74) is 2.15.